The molecule has 0 radical (unpaired) electrons. The van der Waals surface area contributed by atoms with E-state index in [9.17, 15) is 9.90 Å². The number of aliphatic hydroxyl groups is 1. The molecule has 0 spiro atoms. The summed E-state index contributed by atoms with van der Waals surface area (Å²) in [5, 5.41) is 9.86. The molecule has 0 aromatic heterocycles. The second kappa shape index (κ2) is 6.52. The van der Waals surface area contributed by atoms with E-state index in [1.54, 1.807) is 11.8 Å². The van der Waals surface area contributed by atoms with Crippen molar-refractivity contribution in [3.63, 3.8) is 0 Å². The summed E-state index contributed by atoms with van der Waals surface area (Å²) in [6.45, 7) is 2.72. The van der Waals surface area contributed by atoms with Crippen molar-refractivity contribution in [2.75, 3.05) is 13.2 Å². The van der Waals surface area contributed by atoms with E-state index in [1.807, 2.05) is 24.3 Å². The normalized spacial score (nSPS) is 20.2. The third-order valence-corrected chi connectivity index (χ3v) is 5.43. The van der Waals surface area contributed by atoms with Crippen LogP contribution in [0.1, 0.15) is 36.8 Å². The lowest BCUT2D eigenvalue weighted by molar-refractivity contribution is 0.0574. The second-order valence-corrected chi connectivity index (χ2v) is 6.95. The van der Waals surface area contributed by atoms with Crippen molar-refractivity contribution >= 4 is 6.09 Å². The number of rotatable bonds is 3. The molecule has 1 fully saturated rings. The molecule has 1 aliphatic carbocycles. The van der Waals surface area contributed by atoms with Gasteiger partial charge >= 0.3 is 6.09 Å². The highest BCUT2D eigenvalue weighted by Gasteiger charge is 2.34. The molecule has 1 amide bonds. The summed E-state index contributed by atoms with van der Waals surface area (Å²) in [4.78, 5) is 14.2. The Labute approximate surface area is 148 Å². The van der Waals surface area contributed by atoms with Crippen molar-refractivity contribution in [1.29, 1.82) is 0 Å². The summed E-state index contributed by atoms with van der Waals surface area (Å²) in [5.74, 6) is 0.0731. The minimum atomic E-state index is -0.525. The van der Waals surface area contributed by atoms with Crippen molar-refractivity contribution in [1.82, 2.24) is 4.90 Å². The van der Waals surface area contributed by atoms with Crippen LogP contribution in [0.3, 0.4) is 0 Å². The van der Waals surface area contributed by atoms with Crippen molar-refractivity contribution in [3.05, 3.63) is 59.7 Å². The fourth-order valence-corrected chi connectivity index (χ4v) is 4.20. The van der Waals surface area contributed by atoms with E-state index >= 15 is 0 Å². The average Bonchev–Trinajstić information content (AvgIpc) is 3.23. The van der Waals surface area contributed by atoms with Crippen LogP contribution >= 0.6 is 0 Å². The highest BCUT2D eigenvalue weighted by Crippen LogP contribution is 2.44. The van der Waals surface area contributed by atoms with Crippen LogP contribution in [0, 0.1) is 0 Å². The Kier molecular flexibility index (Phi) is 4.22. The number of ether oxygens (including phenoxy) is 1. The first-order valence-electron chi connectivity index (χ1n) is 8.96. The molecule has 0 saturated carbocycles. The average molecular weight is 337 g/mol. The number of carbonyl (C=O) groups is 1. The number of fused-ring (bicyclic) bond motifs is 3. The smallest absolute Gasteiger partial charge is 0.410 e. The van der Waals surface area contributed by atoms with Crippen LogP contribution in [0.4, 0.5) is 4.79 Å². The maximum absolute atomic E-state index is 12.5. The number of amides is 1. The zero-order chi connectivity index (χ0) is 17.4. The van der Waals surface area contributed by atoms with Gasteiger partial charge in [-0.2, -0.15) is 0 Å². The Bertz CT molecular complexity index is 741. The molecule has 1 saturated heterocycles. The van der Waals surface area contributed by atoms with Crippen LogP contribution in [0.15, 0.2) is 48.5 Å². The SMILES string of the molecule is CC(O)C1CCCN1C(=O)OCC1c2ccccc2-c2ccccc21. The summed E-state index contributed by atoms with van der Waals surface area (Å²) in [7, 11) is 0. The monoisotopic (exact) mass is 337 g/mol. The van der Waals surface area contributed by atoms with Gasteiger partial charge in [-0.05, 0) is 42.0 Å². The van der Waals surface area contributed by atoms with Crippen LogP contribution in [0.25, 0.3) is 11.1 Å². The standard InChI is InChI=1S/C21H23NO3/c1-14(23)20-11-6-12-22(20)21(24)25-13-19-17-9-4-2-7-15(17)16-8-3-5-10-18(16)19/h2-5,7-10,14,19-20,23H,6,11-13H2,1H3. The molecule has 1 aliphatic heterocycles. The summed E-state index contributed by atoms with van der Waals surface area (Å²) in [6, 6.07) is 16.5. The minimum Gasteiger partial charge on any atom is -0.448 e. The van der Waals surface area contributed by atoms with E-state index in [2.05, 4.69) is 24.3 Å². The lowest BCUT2D eigenvalue weighted by atomic mass is 9.98. The van der Waals surface area contributed by atoms with Crippen molar-refractivity contribution < 1.29 is 14.6 Å². The van der Waals surface area contributed by atoms with E-state index in [4.69, 9.17) is 4.74 Å². The Balaban J connectivity index is 1.53. The highest BCUT2D eigenvalue weighted by atomic mass is 16.6. The van der Waals surface area contributed by atoms with Gasteiger partial charge < -0.3 is 14.7 Å². The lowest BCUT2D eigenvalue weighted by Gasteiger charge is -2.26. The summed E-state index contributed by atoms with van der Waals surface area (Å²) in [5.41, 5.74) is 4.87. The topological polar surface area (TPSA) is 49.8 Å². The van der Waals surface area contributed by atoms with Crippen LogP contribution in [0.2, 0.25) is 0 Å². The zero-order valence-electron chi connectivity index (χ0n) is 14.4. The van der Waals surface area contributed by atoms with Gasteiger partial charge in [0.15, 0.2) is 0 Å². The molecular formula is C21H23NO3. The van der Waals surface area contributed by atoms with Gasteiger partial charge in [-0.15, -0.1) is 0 Å². The van der Waals surface area contributed by atoms with Crippen LogP contribution in [-0.4, -0.2) is 41.4 Å². The predicted octanol–water partition coefficient (Wildman–Crippen LogP) is 3.78. The van der Waals surface area contributed by atoms with Crippen molar-refractivity contribution in [3.8, 4) is 11.1 Å². The van der Waals surface area contributed by atoms with E-state index in [0.717, 1.165) is 12.8 Å². The maximum atomic E-state index is 12.5. The van der Waals surface area contributed by atoms with Crippen LogP contribution in [-0.2, 0) is 4.74 Å². The van der Waals surface area contributed by atoms with Gasteiger partial charge in [0.25, 0.3) is 0 Å². The van der Waals surface area contributed by atoms with E-state index in [0.29, 0.717) is 13.2 Å². The van der Waals surface area contributed by atoms with E-state index in [-0.39, 0.29) is 18.1 Å². The summed E-state index contributed by atoms with van der Waals surface area (Å²) < 4.78 is 5.68. The molecule has 2 aromatic rings. The number of benzene rings is 2. The van der Waals surface area contributed by atoms with Gasteiger partial charge in [-0.3, -0.25) is 0 Å². The van der Waals surface area contributed by atoms with Crippen LogP contribution in [0.5, 0.6) is 0 Å². The third-order valence-electron chi connectivity index (χ3n) is 5.43. The Hall–Kier alpha value is -2.33. The maximum Gasteiger partial charge on any atom is 0.410 e. The van der Waals surface area contributed by atoms with Gasteiger partial charge in [0.2, 0.25) is 0 Å². The summed E-state index contributed by atoms with van der Waals surface area (Å²) >= 11 is 0. The van der Waals surface area contributed by atoms with Gasteiger partial charge in [0.05, 0.1) is 12.1 Å². The lowest BCUT2D eigenvalue weighted by Crippen LogP contribution is -2.42. The van der Waals surface area contributed by atoms with E-state index < -0.39 is 6.10 Å². The number of nitrogens with zero attached hydrogens (tertiary/aromatic N) is 1. The first-order valence-corrected chi connectivity index (χ1v) is 8.96. The molecule has 2 atom stereocenters. The number of carbonyl (C=O) groups excluding carboxylic acids is 1. The first-order chi connectivity index (χ1) is 12.2. The molecule has 4 nitrogen and oxygen atoms in total. The first kappa shape index (κ1) is 16.2. The quantitative estimate of drug-likeness (QED) is 0.927. The van der Waals surface area contributed by atoms with Gasteiger partial charge in [0.1, 0.15) is 6.61 Å². The Morgan fingerprint density at radius 2 is 1.76 bits per heavy atom. The molecule has 25 heavy (non-hydrogen) atoms. The number of aliphatic hydroxyl groups excluding tert-OH is 1. The number of hydrogen-bond donors (Lipinski definition) is 1. The van der Waals surface area contributed by atoms with E-state index in [1.165, 1.54) is 22.3 Å². The Morgan fingerprint density at radius 1 is 1.16 bits per heavy atom. The van der Waals surface area contributed by atoms with Gasteiger partial charge in [-0.25, -0.2) is 4.79 Å². The molecule has 4 heteroatoms. The fourth-order valence-electron chi connectivity index (χ4n) is 4.20. The fraction of sp³-hybridized carbons (Fsp3) is 0.381. The predicted molar refractivity (Wildman–Crippen MR) is 96.5 cm³/mol. The Morgan fingerprint density at radius 3 is 2.36 bits per heavy atom. The molecule has 4 rings (SSSR count). The van der Waals surface area contributed by atoms with Crippen molar-refractivity contribution in [2.45, 2.75) is 37.8 Å². The van der Waals surface area contributed by atoms with Gasteiger partial charge in [0, 0.05) is 12.5 Å². The molecule has 2 unspecified atom stereocenters. The molecule has 0 bridgehead atoms. The molecule has 1 N–H and O–H groups in total. The molecule has 1 heterocycles. The second-order valence-electron chi connectivity index (χ2n) is 6.95. The van der Waals surface area contributed by atoms with Gasteiger partial charge in [-0.1, -0.05) is 48.5 Å². The molecule has 2 aliphatic rings. The number of likely N-dealkylation sites (tertiary alicyclic amines) is 1. The molecule has 130 valence electrons. The largest absolute Gasteiger partial charge is 0.448 e. The number of hydrogen-bond acceptors (Lipinski definition) is 3. The highest BCUT2D eigenvalue weighted by molar-refractivity contribution is 5.79. The zero-order valence-corrected chi connectivity index (χ0v) is 14.4. The van der Waals surface area contributed by atoms with Crippen LogP contribution < -0.4 is 0 Å². The van der Waals surface area contributed by atoms with Crippen molar-refractivity contribution in [2.24, 2.45) is 0 Å². The minimum absolute atomic E-state index is 0.0731. The molecule has 2 aromatic carbocycles. The molecular weight excluding hydrogens is 314 g/mol. The summed E-state index contributed by atoms with van der Waals surface area (Å²) in [6.07, 6.45) is 0.912. The third kappa shape index (κ3) is 2.81.